The highest BCUT2D eigenvalue weighted by atomic mass is 14.3. The minimum Gasteiger partial charge on any atom is -0.103 e. The molecule has 0 radical (unpaired) electrons. The summed E-state index contributed by atoms with van der Waals surface area (Å²) in [7, 11) is 0. The number of hydrogen-bond donors (Lipinski definition) is 0. The van der Waals surface area contributed by atoms with E-state index in [1.165, 1.54) is 54.9 Å². The predicted molar refractivity (Wildman–Crippen MR) is 107 cm³/mol. The van der Waals surface area contributed by atoms with Crippen molar-refractivity contribution in [3.8, 4) is 0 Å². The third kappa shape index (κ3) is 4.17. The lowest BCUT2D eigenvalue weighted by atomic mass is 9.77. The molecule has 0 aliphatic heterocycles. The first-order chi connectivity index (χ1) is 11.8. The van der Waals surface area contributed by atoms with Gasteiger partial charge in [-0.25, -0.2) is 0 Å². The van der Waals surface area contributed by atoms with E-state index in [1.807, 2.05) is 6.08 Å². The summed E-state index contributed by atoms with van der Waals surface area (Å²) >= 11 is 0. The van der Waals surface area contributed by atoms with Crippen LogP contribution in [0.2, 0.25) is 0 Å². The number of hydrogen-bond acceptors (Lipinski definition) is 0. The van der Waals surface area contributed by atoms with E-state index in [-0.39, 0.29) is 0 Å². The van der Waals surface area contributed by atoms with Crippen LogP contribution in [-0.4, -0.2) is 0 Å². The van der Waals surface area contributed by atoms with Crippen LogP contribution in [-0.2, 0) is 6.42 Å². The Morgan fingerprint density at radius 3 is 2.29 bits per heavy atom. The minimum atomic E-state index is 0.759. The Hall–Kier alpha value is -1.82. The maximum atomic E-state index is 3.85. The van der Waals surface area contributed by atoms with Crippen molar-refractivity contribution in [1.29, 1.82) is 0 Å². The Labute approximate surface area is 147 Å². The lowest BCUT2D eigenvalue weighted by molar-refractivity contribution is 0.312. The zero-order valence-corrected chi connectivity index (χ0v) is 14.8. The second-order valence-electron chi connectivity index (χ2n) is 7.35. The summed E-state index contributed by atoms with van der Waals surface area (Å²) in [6, 6.07) is 14.0. The molecule has 3 rings (SSSR count). The molecule has 24 heavy (non-hydrogen) atoms. The van der Waals surface area contributed by atoms with Gasteiger partial charge < -0.3 is 0 Å². The molecule has 2 aromatic carbocycles. The molecule has 0 nitrogen and oxygen atoms in total. The van der Waals surface area contributed by atoms with Gasteiger partial charge in [-0.3, -0.25) is 0 Å². The van der Waals surface area contributed by atoms with Gasteiger partial charge in [0.2, 0.25) is 0 Å². The molecule has 2 aromatic rings. The fraction of sp³-hybridized carbons (Fsp3) is 0.417. The molecule has 0 unspecified atom stereocenters. The minimum absolute atomic E-state index is 0.759. The van der Waals surface area contributed by atoms with Crippen molar-refractivity contribution in [3.05, 3.63) is 72.8 Å². The van der Waals surface area contributed by atoms with Gasteiger partial charge in [0.15, 0.2) is 0 Å². The number of benzene rings is 2. The SMILES string of the molecule is C=CCCc1ccc2cc(C3CCC(CCC=C)CC3)ccc2c1. The molecule has 1 fully saturated rings. The van der Waals surface area contributed by atoms with Crippen LogP contribution in [0.4, 0.5) is 0 Å². The highest BCUT2D eigenvalue weighted by Gasteiger charge is 2.21. The smallest absolute Gasteiger partial charge is 0.0162 e. The van der Waals surface area contributed by atoms with Crippen molar-refractivity contribution in [3.63, 3.8) is 0 Å². The van der Waals surface area contributed by atoms with Gasteiger partial charge in [0.25, 0.3) is 0 Å². The van der Waals surface area contributed by atoms with E-state index in [0.29, 0.717) is 0 Å². The fourth-order valence-corrected chi connectivity index (χ4v) is 4.13. The quantitative estimate of drug-likeness (QED) is 0.473. The highest BCUT2D eigenvalue weighted by molar-refractivity contribution is 5.84. The van der Waals surface area contributed by atoms with Gasteiger partial charge in [0.1, 0.15) is 0 Å². The second kappa shape index (κ2) is 8.33. The molecule has 0 heterocycles. The average molecular weight is 319 g/mol. The summed E-state index contributed by atoms with van der Waals surface area (Å²) in [6.45, 7) is 7.67. The molecule has 0 N–H and O–H groups in total. The van der Waals surface area contributed by atoms with Crippen LogP contribution in [0.3, 0.4) is 0 Å². The van der Waals surface area contributed by atoms with Gasteiger partial charge in [-0.05, 0) is 85.1 Å². The van der Waals surface area contributed by atoms with Gasteiger partial charge in [0, 0.05) is 0 Å². The Balaban J connectivity index is 1.67. The molecule has 126 valence electrons. The first-order valence-electron chi connectivity index (χ1n) is 9.54. The molecule has 0 amide bonds. The van der Waals surface area contributed by atoms with Gasteiger partial charge in [0.05, 0.1) is 0 Å². The maximum absolute atomic E-state index is 3.85. The second-order valence-corrected chi connectivity index (χ2v) is 7.35. The van der Waals surface area contributed by atoms with E-state index in [1.54, 1.807) is 5.56 Å². The van der Waals surface area contributed by atoms with Crippen LogP contribution < -0.4 is 0 Å². The maximum Gasteiger partial charge on any atom is -0.0162 e. The number of allylic oxidation sites excluding steroid dienone is 2. The number of aryl methyl sites for hydroxylation is 1. The average Bonchev–Trinajstić information content (AvgIpc) is 2.64. The van der Waals surface area contributed by atoms with Crippen molar-refractivity contribution >= 4 is 10.8 Å². The summed E-state index contributed by atoms with van der Waals surface area (Å²) in [5, 5.41) is 2.77. The van der Waals surface area contributed by atoms with Crippen LogP contribution in [0.1, 0.15) is 62.0 Å². The number of rotatable bonds is 7. The topological polar surface area (TPSA) is 0 Å². The van der Waals surface area contributed by atoms with Crippen LogP contribution in [0.5, 0.6) is 0 Å². The normalized spacial score (nSPS) is 20.8. The molecule has 1 aliphatic rings. The molecular weight excluding hydrogens is 288 g/mol. The van der Waals surface area contributed by atoms with Crippen molar-refractivity contribution in [1.82, 2.24) is 0 Å². The van der Waals surface area contributed by atoms with Crippen molar-refractivity contribution < 1.29 is 0 Å². The van der Waals surface area contributed by atoms with Gasteiger partial charge >= 0.3 is 0 Å². The summed E-state index contributed by atoms with van der Waals surface area (Å²) in [4.78, 5) is 0. The van der Waals surface area contributed by atoms with Crippen molar-refractivity contribution in [2.24, 2.45) is 5.92 Å². The third-order valence-electron chi connectivity index (χ3n) is 5.66. The molecule has 0 atom stereocenters. The van der Waals surface area contributed by atoms with E-state index in [9.17, 15) is 0 Å². The molecule has 0 spiro atoms. The molecule has 0 heteroatoms. The standard InChI is InChI=1S/C24H30/c1-3-5-7-19-9-12-21(13-10-19)23-16-15-22-17-20(8-6-4-2)11-14-24(22)18-23/h3-4,11,14-19,21H,1-2,5-10,12-13H2. The van der Waals surface area contributed by atoms with Gasteiger partial charge in [-0.2, -0.15) is 0 Å². The third-order valence-corrected chi connectivity index (χ3v) is 5.66. The summed E-state index contributed by atoms with van der Waals surface area (Å²) in [5.74, 6) is 1.68. The first kappa shape index (κ1) is 17.0. The van der Waals surface area contributed by atoms with E-state index >= 15 is 0 Å². The highest BCUT2D eigenvalue weighted by Crippen LogP contribution is 2.38. The monoisotopic (exact) mass is 318 g/mol. The fourth-order valence-electron chi connectivity index (χ4n) is 4.13. The van der Waals surface area contributed by atoms with Crippen LogP contribution in [0.15, 0.2) is 61.7 Å². The van der Waals surface area contributed by atoms with Gasteiger partial charge in [-0.1, -0.05) is 48.6 Å². The van der Waals surface area contributed by atoms with E-state index in [0.717, 1.165) is 24.7 Å². The van der Waals surface area contributed by atoms with Crippen LogP contribution in [0, 0.1) is 5.92 Å². The zero-order valence-electron chi connectivity index (χ0n) is 14.8. The summed E-state index contributed by atoms with van der Waals surface area (Å²) in [5.41, 5.74) is 2.96. The molecule has 1 saturated carbocycles. The Morgan fingerprint density at radius 2 is 1.54 bits per heavy atom. The Morgan fingerprint density at radius 1 is 0.833 bits per heavy atom. The summed E-state index contributed by atoms with van der Waals surface area (Å²) in [6.07, 6.45) is 14.2. The Bertz CT molecular complexity index is 686. The lowest BCUT2D eigenvalue weighted by Crippen LogP contribution is -2.13. The van der Waals surface area contributed by atoms with Crippen molar-refractivity contribution in [2.45, 2.75) is 57.3 Å². The van der Waals surface area contributed by atoms with E-state index in [2.05, 4.69) is 55.6 Å². The lowest BCUT2D eigenvalue weighted by Gasteiger charge is -2.28. The van der Waals surface area contributed by atoms with Crippen molar-refractivity contribution in [2.75, 3.05) is 0 Å². The van der Waals surface area contributed by atoms with Gasteiger partial charge in [-0.15, -0.1) is 13.2 Å². The number of fused-ring (bicyclic) bond motifs is 1. The van der Waals surface area contributed by atoms with Crippen LogP contribution in [0.25, 0.3) is 10.8 Å². The zero-order chi connectivity index (χ0) is 16.8. The largest absolute Gasteiger partial charge is 0.103 e. The molecule has 1 aliphatic carbocycles. The summed E-state index contributed by atoms with van der Waals surface area (Å²) < 4.78 is 0. The molecule has 0 bridgehead atoms. The molecule has 0 aromatic heterocycles. The van der Waals surface area contributed by atoms with E-state index < -0.39 is 0 Å². The molecular formula is C24H30. The Kier molecular flexibility index (Phi) is 5.91. The van der Waals surface area contributed by atoms with Crippen LogP contribution >= 0.6 is 0 Å². The predicted octanol–water partition coefficient (Wildman–Crippen LogP) is 7.20. The molecule has 0 saturated heterocycles. The van der Waals surface area contributed by atoms with E-state index in [4.69, 9.17) is 0 Å². The first-order valence-corrected chi connectivity index (χ1v) is 9.54.